The molecule has 5 heteroatoms. The number of hydrogen-bond donors (Lipinski definition) is 0. The minimum absolute atomic E-state index is 0.0569. The third-order valence-electron chi connectivity index (χ3n) is 2.79. The number of amides is 1. The molecule has 0 N–H and O–H groups in total. The van der Waals surface area contributed by atoms with E-state index in [-0.39, 0.29) is 18.5 Å². The average Bonchev–Trinajstić information content (AvgIpc) is 2.78. The van der Waals surface area contributed by atoms with E-state index in [1.54, 1.807) is 12.1 Å². The molecule has 1 saturated heterocycles. The number of para-hydroxylation sites is 1. The van der Waals surface area contributed by atoms with Crippen molar-refractivity contribution in [1.82, 2.24) is 0 Å². The number of ether oxygens (including phenoxy) is 2. The number of nitrogens with zero attached hydrogens (tertiary/aromatic N) is 1. The summed E-state index contributed by atoms with van der Waals surface area (Å²) in [5.74, 6) is -0.601. The molecule has 5 nitrogen and oxygen atoms in total. The second-order valence-corrected chi connectivity index (χ2v) is 4.00. The van der Waals surface area contributed by atoms with E-state index < -0.39 is 6.04 Å². The van der Waals surface area contributed by atoms with E-state index >= 15 is 0 Å². The predicted molar refractivity (Wildman–Crippen MR) is 65.2 cm³/mol. The maximum absolute atomic E-state index is 12.1. The van der Waals surface area contributed by atoms with Crippen molar-refractivity contribution < 1.29 is 19.1 Å². The fourth-order valence-electron chi connectivity index (χ4n) is 2.00. The topological polar surface area (TPSA) is 55.8 Å². The largest absolute Gasteiger partial charge is 0.464 e. The van der Waals surface area contributed by atoms with Gasteiger partial charge in [-0.05, 0) is 12.1 Å². The summed E-state index contributed by atoms with van der Waals surface area (Å²) >= 11 is 0. The number of carbonyl (C=O) groups excluding carboxylic acids is 2. The van der Waals surface area contributed by atoms with Gasteiger partial charge in [-0.25, -0.2) is 4.79 Å². The predicted octanol–water partition coefficient (Wildman–Crippen LogP) is 0.982. The number of benzene rings is 1. The van der Waals surface area contributed by atoms with Crippen LogP contribution in [0.2, 0.25) is 0 Å². The van der Waals surface area contributed by atoms with Gasteiger partial charge in [0.2, 0.25) is 0 Å². The van der Waals surface area contributed by atoms with E-state index in [1.165, 1.54) is 12.0 Å². The van der Waals surface area contributed by atoms with Crippen molar-refractivity contribution in [3.05, 3.63) is 30.3 Å². The number of methoxy groups -OCH3 is 1. The van der Waals surface area contributed by atoms with Gasteiger partial charge in [0.25, 0.3) is 5.91 Å². The Morgan fingerprint density at radius 1 is 1.44 bits per heavy atom. The maximum Gasteiger partial charge on any atom is 0.329 e. The summed E-state index contributed by atoms with van der Waals surface area (Å²) in [7, 11) is 1.45. The van der Waals surface area contributed by atoms with Crippen LogP contribution in [0.25, 0.3) is 0 Å². The first kappa shape index (κ1) is 12.6. The summed E-state index contributed by atoms with van der Waals surface area (Å²) in [4.78, 5) is 25.2. The highest BCUT2D eigenvalue weighted by atomic mass is 16.5. The summed E-state index contributed by atoms with van der Waals surface area (Å²) in [5, 5.41) is 0. The zero-order valence-corrected chi connectivity index (χ0v) is 10.2. The molecule has 1 heterocycles. The van der Waals surface area contributed by atoms with Crippen LogP contribution in [0.15, 0.2) is 30.3 Å². The van der Waals surface area contributed by atoms with Crippen LogP contribution in [0, 0.1) is 0 Å². The fraction of sp³-hybridized carbons (Fsp3) is 0.385. The zero-order valence-electron chi connectivity index (χ0n) is 10.2. The van der Waals surface area contributed by atoms with Crippen LogP contribution in [-0.2, 0) is 19.1 Å². The lowest BCUT2D eigenvalue weighted by atomic mass is 10.1. The van der Waals surface area contributed by atoms with Gasteiger partial charge in [0.05, 0.1) is 6.61 Å². The molecule has 96 valence electrons. The van der Waals surface area contributed by atoms with E-state index in [0.717, 1.165) is 0 Å². The lowest BCUT2D eigenvalue weighted by molar-refractivity contribution is -0.140. The molecule has 1 aliphatic heterocycles. The van der Waals surface area contributed by atoms with Gasteiger partial charge in [-0.2, -0.15) is 0 Å². The van der Waals surface area contributed by atoms with E-state index in [9.17, 15) is 9.59 Å². The van der Waals surface area contributed by atoms with Crippen molar-refractivity contribution in [1.29, 1.82) is 0 Å². The van der Waals surface area contributed by atoms with Crippen LogP contribution in [-0.4, -0.2) is 38.2 Å². The van der Waals surface area contributed by atoms with Crippen LogP contribution in [0.3, 0.4) is 0 Å². The van der Waals surface area contributed by atoms with Crippen molar-refractivity contribution in [3.8, 4) is 0 Å². The Balaban J connectivity index is 2.28. The smallest absolute Gasteiger partial charge is 0.329 e. The molecule has 1 aromatic carbocycles. The van der Waals surface area contributed by atoms with E-state index in [4.69, 9.17) is 9.47 Å². The molecule has 1 fully saturated rings. The van der Waals surface area contributed by atoms with Gasteiger partial charge in [-0.15, -0.1) is 0 Å². The van der Waals surface area contributed by atoms with Gasteiger partial charge in [0.1, 0.15) is 12.6 Å². The van der Waals surface area contributed by atoms with E-state index in [2.05, 4.69) is 0 Å². The third-order valence-corrected chi connectivity index (χ3v) is 2.79. The normalized spacial score (nSPS) is 18.5. The van der Waals surface area contributed by atoms with Gasteiger partial charge in [0.15, 0.2) is 0 Å². The maximum atomic E-state index is 12.1. The molecule has 1 aliphatic rings. The number of rotatable bonds is 4. The van der Waals surface area contributed by atoms with Gasteiger partial charge in [-0.1, -0.05) is 18.2 Å². The summed E-state index contributed by atoms with van der Waals surface area (Å²) in [6.07, 6.45) is 0.517. The van der Waals surface area contributed by atoms with Crippen LogP contribution >= 0.6 is 0 Å². The van der Waals surface area contributed by atoms with Crippen molar-refractivity contribution >= 4 is 17.6 Å². The van der Waals surface area contributed by atoms with Crippen molar-refractivity contribution in [2.24, 2.45) is 0 Å². The highest BCUT2D eigenvalue weighted by Crippen LogP contribution is 2.22. The summed E-state index contributed by atoms with van der Waals surface area (Å²) < 4.78 is 9.78. The van der Waals surface area contributed by atoms with Crippen molar-refractivity contribution in [2.75, 3.05) is 25.2 Å². The number of esters is 1. The highest BCUT2D eigenvalue weighted by molar-refractivity contribution is 6.00. The lowest BCUT2D eigenvalue weighted by Crippen LogP contribution is -2.44. The molecule has 1 aromatic rings. The molecule has 0 aromatic heterocycles. The summed E-state index contributed by atoms with van der Waals surface area (Å²) in [5.41, 5.74) is 0.684. The first-order chi connectivity index (χ1) is 8.74. The molecule has 0 aliphatic carbocycles. The van der Waals surface area contributed by atoms with Crippen LogP contribution in [0.4, 0.5) is 5.69 Å². The SMILES string of the molecule is COCC(=O)N(c1ccccc1)C1CCOC1=O. The average molecular weight is 249 g/mol. The highest BCUT2D eigenvalue weighted by Gasteiger charge is 2.36. The first-order valence-electron chi connectivity index (χ1n) is 5.76. The molecule has 1 atom stereocenters. The fourth-order valence-corrected chi connectivity index (χ4v) is 2.00. The molecular weight excluding hydrogens is 234 g/mol. The minimum atomic E-state index is -0.546. The molecule has 1 unspecified atom stereocenters. The summed E-state index contributed by atoms with van der Waals surface area (Å²) in [6, 6.07) is 8.54. The van der Waals surface area contributed by atoms with Gasteiger partial charge in [0, 0.05) is 19.2 Å². The minimum Gasteiger partial charge on any atom is -0.464 e. The standard InChI is InChI=1S/C13H15NO4/c1-17-9-12(15)14(10-5-3-2-4-6-10)11-7-8-18-13(11)16/h2-6,11H,7-9H2,1H3. The van der Waals surface area contributed by atoms with Crippen LogP contribution in [0.5, 0.6) is 0 Å². The second kappa shape index (κ2) is 5.64. The van der Waals surface area contributed by atoms with Crippen molar-refractivity contribution in [2.45, 2.75) is 12.5 Å². The molecule has 2 rings (SSSR count). The van der Waals surface area contributed by atoms with Gasteiger partial charge in [-0.3, -0.25) is 9.69 Å². The lowest BCUT2D eigenvalue weighted by Gasteiger charge is -2.26. The molecule has 0 bridgehead atoms. The van der Waals surface area contributed by atoms with Gasteiger partial charge < -0.3 is 9.47 Å². The van der Waals surface area contributed by atoms with Crippen LogP contribution in [0.1, 0.15) is 6.42 Å². The molecule has 0 radical (unpaired) electrons. The van der Waals surface area contributed by atoms with E-state index in [1.807, 2.05) is 18.2 Å². The number of anilines is 1. The number of hydrogen-bond acceptors (Lipinski definition) is 4. The Bertz CT molecular complexity index is 432. The Morgan fingerprint density at radius 2 is 2.17 bits per heavy atom. The monoisotopic (exact) mass is 249 g/mol. The zero-order chi connectivity index (χ0) is 13.0. The third kappa shape index (κ3) is 2.51. The Labute approximate surface area is 105 Å². The molecule has 18 heavy (non-hydrogen) atoms. The number of cyclic esters (lactones) is 1. The Hall–Kier alpha value is -1.88. The van der Waals surface area contributed by atoms with Crippen LogP contribution < -0.4 is 4.90 Å². The Morgan fingerprint density at radius 3 is 2.72 bits per heavy atom. The molecule has 0 spiro atoms. The van der Waals surface area contributed by atoms with Gasteiger partial charge >= 0.3 is 5.97 Å². The second-order valence-electron chi connectivity index (χ2n) is 4.00. The summed E-state index contributed by atoms with van der Waals surface area (Å²) in [6.45, 7) is 0.297. The van der Waals surface area contributed by atoms with Crippen molar-refractivity contribution in [3.63, 3.8) is 0 Å². The molecule has 0 saturated carbocycles. The quantitative estimate of drug-likeness (QED) is 0.746. The van der Waals surface area contributed by atoms with E-state index in [0.29, 0.717) is 18.7 Å². The first-order valence-corrected chi connectivity index (χ1v) is 5.76. The Kier molecular flexibility index (Phi) is 3.94. The number of carbonyl (C=O) groups is 2. The molecule has 1 amide bonds. The molecular formula is C13H15NO4.